The molecule has 0 aliphatic carbocycles. The van der Waals surface area contributed by atoms with Crippen LogP contribution in [0.3, 0.4) is 0 Å². The van der Waals surface area contributed by atoms with Crippen LogP contribution in [0.25, 0.3) is 0 Å². The minimum Gasteiger partial charge on any atom is -0.481 e. The second-order valence-corrected chi connectivity index (χ2v) is 19.2. The Morgan fingerprint density at radius 3 is 1.63 bits per heavy atom. The van der Waals surface area contributed by atoms with Crippen molar-refractivity contribution >= 4 is 41.4 Å². The number of aliphatic hydroxyl groups is 1. The standard InChI is InChI=1S/C47H70N6O9/c1-30(2)39(52(9)45(62)33(24-31-18-12-10-13-19-31)25-32-20-14-11-15-21-32)43(60)51-40(47(6,7)8)44(61)50-35(26-37(55)53-22-16-17-23-53)42(59)49-36(27-38(56)57)41(58)48-34(29-54)28-46(3,4)5/h10-15,18-21,30,33-36,39-40,54H,16-17,22-29H2,1-9H3,(H,48,58)(H,49,59)(H,50,61)(H,51,60)(H,56,57)/t34-,35-,36-,39-,40+/m0/s1. The SMILES string of the molecule is CC(C)[C@@H](C(=O)N[C@H](C(=O)N[C@@H](CC(=O)N1CCCC1)C(=O)N[C@@H](CC(=O)O)C(=O)N[C@H](CO)CC(C)(C)C)C(C)(C)C)N(C)C(=O)C(Cc1ccccc1)Cc1ccccc1. The minimum atomic E-state index is -1.61. The molecule has 5 atom stereocenters. The summed E-state index contributed by atoms with van der Waals surface area (Å²) < 4.78 is 0. The number of aliphatic hydroxyl groups excluding tert-OH is 1. The number of rotatable bonds is 21. The molecule has 0 saturated carbocycles. The van der Waals surface area contributed by atoms with Gasteiger partial charge in [0.15, 0.2) is 0 Å². The van der Waals surface area contributed by atoms with Gasteiger partial charge in [0.1, 0.15) is 24.2 Å². The third kappa shape index (κ3) is 16.2. The van der Waals surface area contributed by atoms with E-state index < -0.39 is 96.5 Å². The number of likely N-dealkylation sites (tertiary alicyclic amines) is 1. The molecule has 1 aliphatic heterocycles. The molecule has 0 spiro atoms. The molecule has 2 aromatic rings. The molecule has 342 valence electrons. The van der Waals surface area contributed by atoms with Crippen LogP contribution in [0, 0.1) is 22.7 Å². The maximum Gasteiger partial charge on any atom is 0.305 e. The molecular weight excluding hydrogens is 793 g/mol. The first kappa shape index (κ1) is 51.0. The summed E-state index contributed by atoms with van der Waals surface area (Å²) in [5.74, 6) is -6.17. The van der Waals surface area contributed by atoms with Gasteiger partial charge in [-0.05, 0) is 60.0 Å². The molecule has 1 saturated heterocycles. The van der Waals surface area contributed by atoms with E-state index in [1.165, 1.54) is 4.90 Å². The number of hydrogen-bond donors (Lipinski definition) is 6. The minimum absolute atomic E-state index is 0.246. The van der Waals surface area contributed by atoms with Gasteiger partial charge in [0, 0.05) is 26.1 Å². The zero-order chi connectivity index (χ0) is 46.4. The zero-order valence-corrected chi connectivity index (χ0v) is 38.0. The highest BCUT2D eigenvalue weighted by Crippen LogP contribution is 2.24. The molecule has 6 amide bonds. The second kappa shape index (κ2) is 23.2. The Hall–Kier alpha value is -5.31. The predicted octanol–water partition coefficient (Wildman–Crippen LogP) is 3.47. The van der Waals surface area contributed by atoms with Crippen molar-refractivity contribution in [2.24, 2.45) is 22.7 Å². The van der Waals surface area contributed by atoms with Crippen LogP contribution in [-0.4, -0.2) is 118 Å². The number of nitrogens with one attached hydrogen (secondary N) is 4. The Kier molecular flexibility index (Phi) is 19.1. The van der Waals surface area contributed by atoms with Gasteiger partial charge in [0.2, 0.25) is 35.4 Å². The lowest BCUT2D eigenvalue weighted by atomic mass is 9.85. The van der Waals surface area contributed by atoms with Gasteiger partial charge in [-0.1, -0.05) is 116 Å². The molecule has 1 fully saturated rings. The summed E-state index contributed by atoms with van der Waals surface area (Å²) in [7, 11) is 1.58. The third-order valence-corrected chi connectivity index (χ3v) is 11.0. The van der Waals surface area contributed by atoms with E-state index >= 15 is 0 Å². The number of hydrogen-bond acceptors (Lipinski definition) is 8. The van der Waals surface area contributed by atoms with E-state index in [0.29, 0.717) is 32.4 Å². The average molecular weight is 863 g/mol. The van der Waals surface area contributed by atoms with Crippen LogP contribution in [-0.2, 0) is 46.4 Å². The van der Waals surface area contributed by atoms with Crippen molar-refractivity contribution in [2.75, 3.05) is 26.7 Å². The first-order valence-electron chi connectivity index (χ1n) is 21.7. The lowest BCUT2D eigenvalue weighted by Crippen LogP contribution is -2.62. The summed E-state index contributed by atoms with van der Waals surface area (Å²) in [6.07, 6.45) is 1.45. The summed E-state index contributed by atoms with van der Waals surface area (Å²) in [4.78, 5) is 99.0. The first-order valence-corrected chi connectivity index (χ1v) is 21.7. The van der Waals surface area contributed by atoms with Gasteiger partial charge < -0.3 is 41.3 Å². The zero-order valence-electron chi connectivity index (χ0n) is 38.0. The van der Waals surface area contributed by atoms with E-state index in [4.69, 9.17) is 0 Å². The maximum atomic E-state index is 14.4. The number of nitrogens with zero attached hydrogens (tertiary/aromatic N) is 2. The van der Waals surface area contributed by atoms with Crippen molar-refractivity contribution < 1.29 is 43.8 Å². The number of likely N-dealkylation sites (N-methyl/N-ethyl adjacent to an activating group) is 1. The van der Waals surface area contributed by atoms with Crippen LogP contribution in [0.5, 0.6) is 0 Å². The quantitative estimate of drug-likeness (QED) is 0.108. The Bertz CT molecular complexity index is 1780. The lowest BCUT2D eigenvalue weighted by Gasteiger charge is -2.37. The second-order valence-electron chi connectivity index (χ2n) is 19.2. The van der Waals surface area contributed by atoms with Crippen LogP contribution in [0.2, 0.25) is 0 Å². The molecule has 6 N–H and O–H groups in total. The molecule has 0 bridgehead atoms. The van der Waals surface area contributed by atoms with Crippen molar-refractivity contribution in [3.8, 4) is 0 Å². The number of benzene rings is 2. The van der Waals surface area contributed by atoms with Gasteiger partial charge >= 0.3 is 5.97 Å². The van der Waals surface area contributed by atoms with Crippen molar-refractivity contribution in [3.05, 3.63) is 71.8 Å². The number of carbonyl (C=O) groups excluding carboxylic acids is 6. The first-order chi connectivity index (χ1) is 29.0. The molecule has 1 heterocycles. The summed E-state index contributed by atoms with van der Waals surface area (Å²) in [6, 6.07) is 13.1. The molecular formula is C47H70N6O9. The van der Waals surface area contributed by atoms with E-state index in [1.54, 1.807) is 32.7 Å². The van der Waals surface area contributed by atoms with Gasteiger partial charge in [-0.3, -0.25) is 33.6 Å². The Morgan fingerprint density at radius 1 is 0.694 bits per heavy atom. The Balaban J connectivity index is 1.90. The molecule has 62 heavy (non-hydrogen) atoms. The van der Waals surface area contributed by atoms with Gasteiger partial charge in [-0.2, -0.15) is 0 Å². The summed E-state index contributed by atoms with van der Waals surface area (Å²) >= 11 is 0. The van der Waals surface area contributed by atoms with Crippen LogP contribution < -0.4 is 21.3 Å². The number of amides is 6. The van der Waals surface area contributed by atoms with Gasteiger partial charge in [-0.25, -0.2) is 0 Å². The van der Waals surface area contributed by atoms with Crippen LogP contribution in [0.1, 0.15) is 98.6 Å². The fraction of sp³-hybridized carbons (Fsp3) is 0.596. The summed E-state index contributed by atoms with van der Waals surface area (Å²) in [5.41, 5.74) is 0.683. The van der Waals surface area contributed by atoms with Crippen LogP contribution in [0.15, 0.2) is 60.7 Å². The molecule has 0 unspecified atom stereocenters. The predicted molar refractivity (Wildman–Crippen MR) is 236 cm³/mol. The monoisotopic (exact) mass is 863 g/mol. The van der Waals surface area contributed by atoms with Crippen molar-refractivity contribution in [1.29, 1.82) is 0 Å². The molecule has 2 aromatic carbocycles. The molecule has 15 heteroatoms. The summed E-state index contributed by atoms with van der Waals surface area (Å²) in [6.45, 7) is 15.0. The van der Waals surface area contributed by atoms with Gasteiger partial charge in [0.25, 0.3) is 0 Å². The van der Waals surface area contributed by atoms with Crippen LogP contribution in [0.4, 0.5) is 0 Å². The fourth-order valence-electron chi connectivity index (χ4n) is 7.89. The van der Waals surface area contributed by atoms with Gasteiger partial charge in [0.05, 0.1) is 25.5 Å². The van der Waals surface area contributed by atoms with E-state index in [-0.39, 0.29) is 17.2 Å². The molecule has 3 rings (SSSR count). The van der Waals surface area contributed by atoms with E-state index in [1.807, 2.05) is 95.3 Å². The van der Waals surface area contributed by atoms with Crippen molar-refractivity contribution in [3.63, 3.8) is 0 Å². The molecule has 0 aromatic heterocycles. The normalized spacial score (nSPS) is 15.5. The van der Waals surface area contributed by atoms with Crippen LogP contribution >= 0.6 is 0 Å². The van der Waals surface area contributed by atoms with Gasteiger partial charge in [-0.15, -0.1) is 0 Å². The lowest BCUT2D eigenvalue weighted by molar-refractivity contribution is -0.145. The number of aliphatic carboxylic acids is 1. The number of carbonyl (C=O) groups is 7. The average Bonchev–Trinajstić information content (AvgIpc) is 3.74. The number of carboxylic acid groups (broad SMARTS) is 1. The highest BCUT2D eigenvalue weighted by molar-refractivity contribution is 5.98. The largest absolute Gasteiger partial charge is 0.481 e. The summed E-state index contributed by atoms with van der Waals surface area (Å²) in [5, 5.41) is 30.2. The smallest absolute Gasteiger partial charge is 0.305 e. The van der Waals surface area contributed by atoms with E-state index in [0.717, 1.165) is 24.0 Å². The molecule has 15 nitrogen and oxygen atoms in total. The third-order valence-electron chi connectivity index (χ3n) is 11.0. The Labute approximate surface area is 367 Å². The topological polar surface area (TPSA) is 215 Å². The van der Waals surface area contributed by atoms with Crippen molar-refractivity contribution in [2.45, 2.75) is 131 Å². The van der Waals surface area contributed by atoms with E-state index in [9.17, 15) is 43.8 Å². The highest BCUT2D eigenvalue weighted by atomic mass is 16.4. The molecule has 1 aliphatic rings. The van der Waals surface area contributed by atoms with Crippen molar-refractivity contribution in [1.82, 2.24) is 31.1 Å². The fourth-order valence-corrected chi connectivity index (χ4v) is 7.89. The number of carboxylic acids is 1. The van der Waals surface area contributed by atoms with E-state index in [2.05, 4.69) is 21.3 Å². The Morgan fingerprint density at radius 2 is 1.18 bits per heavy atom. The highest BCUT2D eigenvalue weighted by Gasteiger charge is 2.41. The molecule has 0 radical (unpaired) electrons. The maximum absolute atomic E-state index is 14.4.